The second-order valence-corrected chi connectivity index (χ2v) is 8.67. The van der Waals surface area contributed by atoms with Gasteiger partial charge in [-0.05, 0) is 56.4 Å². The Labute approximate surface area is 202 Å². The van der Waals surface area contributed by atoms with E-state index in [9.17, 15) is 19.7 Å². The van der Waals surface area contributed by atoms with Gasteiger partial charge in [-0.15, -0.1) is 0 Å². The first kappa shape index (κ1) is 23.9. The molecule has 0 spiro atoms. The highest BCUT2D eigenvalue weighted by molar-refractivity contribution is 6.09. The fourth-order valence-electron chi connectivity index (χ4n) is 4.14. The predicted octanol–water partition coefficient (Wildman–Crippen LogP) is 4.76. The number of anilines is 1. The summed E-state index contributed by atoms with van der Waals surface area (Å²) in [5.41, 5.74) is 8.02. The molecule has 0 saturated carbocycles. The number of nitrogens with one attached hydrogen (secondary N) is 2. The van der Waals surface area contributed by atoms with Gasteiger partial charge in [0.1, 0.15) is 5.76 Å². The monoisotopic (exact) mass is 474 g/mol. The molecule has 180 valence electrons. The molecule has 9 heteroatoms. The number of fused-ring (bicyclic) bond motifs is 1. The zero-order chi connectivity index (χ0) is 25.1. The van der Waals surface area contributed by atoms with E-state index in [1.807, 2.05) is 39.0 Å². The van der Waals surface area contributed by atoms with Crippen LogP contribution in [0, 0.1) is 30.9 Å². The minimum atomic E-state index is -0.486. The predicted molar refractivity (Wildman–Crippen MR) is 132 cm³/mol. The summed E-state index contributed by atoms with van der Waals surface area (Å²) in [6, 6.07) is 11.7. The number of aryl methyl sites for hydroxylation is 3. The normalized spacial score (nSPS) is 13.9. The number of nitro groups is 1. The molecule has 1 aromatic heterocycles. The molecule has 0 saturated heterocycles. The van der Waals surface area contributed by atoms with Gasteiger partial charge in [-0.2, -0.15) is 5.10 Å². The molecule has 2 N–H and O–H groups in total. The largest absolute Gasteiger partial charge is 0.455 e. The third-order valence-electron chi connectivity index (χ3n) is 6.00. The van der Waals surface area contributed by atoms with Crippen LogP contribution in [0.25, 0.3) is 0 Å². The molecule has 2 aromatic carbocycles. The minimum Gasteiger partial charge on any atom is -0.455 e. The smallest absolute Gasteiger partial charge is 0.291 e. The minimum absolute atomic E-state index is 0.0306. The Morgan fingerprint density at radius 3 is 2.54 bits per heavy atom. The van der Waals surface area contributed by atoms with Gasteiger partial charge in [-0.25, -0.2) is 5.43 Å². The summed E-state index contributed by atoms with van der Waals surface area (Å²) in [5.74, 6) is 0.255. The first-order chi connectivity index (χ1) is 16.7. The Morgan fingerprint density at radius 1 is 1.09 bits per heavy atom. The van der Waals surface area contributed by atoms with Gasteiger partial charge < -0.3 is 9.73 Å². The van der Waals surface area contributed by atoms with E-state index in [4.69, 9.17) is 4.42 Å². The van der Waals surface area contributed by atoms with E-state index >= 15 is 0 Å². The van der Waals surface area contributed by atoms with E-state index < -0.39 is 4.92 Å². The Kier molecular flexibility index (Phi) is 6.77. The number of hydrazone groups is 1. The number of rotatable bonds is 6. The molecule has 35 heavy (non-hydrogen) atoms. The molecular weight excluding hydrogens is 448 g/mol. The second kappa shape index (κ2) is 9.92. The van der Waals surface area contributed by atoms with Gasteiger partial charge in [0.25, 0.3) is 11.6 Å². The van der Waals surface area contributed by atoms with Crippen LogP contribution in [0.5, 0.6) is 0 Å². The Hall–Kier alpha value is -4.27. The van der Waals surface area contributed by atoms with Crippen LogP contribution in [0.3, 0.4) is 0 Å². The van der Waals surface area contributed by atoms with Crippen LogP contribution in [0.4, 0.5) is 11.4 Å². The number of hydrogen-bond donors (Lipinski definition) is 2. The van der Waals surface area contributed by atoms with Gasteiger partial charge in [0.2, 0.25) is 5.91 Å². The molecule has 3 aromatic rings. The van der Waals surface area contributed by atoms with Crippen molar-refractivity contribution in [2.75, 3.05) is 5.32 Å². The number of furan rings is 1. The second-order valence-electron chi connectivity index (χ2n) is 8.67. The van der Waals surface area contributed by atoms with Crippen LogP contribution >= 0.6 is 0 Å². The lowest BCUT2D eigenvalue weighted by atomic mass is 9.93. The Morgan fingerprint density at radius 2 is 1.83 bits per heavy atom. The summed E-state index contributed by atoms with van der Waals surface area (Å²) in [6.45, 7) is 5.71. The van der Waals surface area contributed by atoms with Crippen molar-refractivity contribution in [1.29, 1.82) is 0 Å². The van der Waals surface area contributed by atoms with Crippen molar-refractivity contribution < 1.29 is 18.9 Å². The van der Waals surface area contributed by atoms with Crippen molar-refractivity contribution in [1.82, 2.24) is 5.43 Å². The number of carbonyl (C=O) groups excluding carboxylic acids is 2. The fraction of sp³-hybridized carbons (Fsp3) is 0.269. The molecule has 2 amide bonds. The lowest BCUT2D eigenvalue weighted by molar-refractivity contribution is -0.384. The molecule has 0 aliphatic heterocycles. The quantitative estimate of drug-likeness (QED) is 0.393. The Balaban J connectivity index is 1.49. The van der Waals surface area contributed by atoms with Crippen molar-refractivity contribution in [2.45, 2.75) is 46.5 Å². The average Bonchev–Trinajstić information content (AvgIpc) is 3.17. The highest BCUT2D eigenvalue weighted by Crippen LogP contribution is 2.30. The van der Waals surface area contributed by atoms with Crippen LogP contribution in [0.15, 0.2) is 52.0 Å². The van der Waals surface area contributed by atoms with E-state index in [1.54, 1.807) is 12.1 Å². The highest BCUT2D eigenvalue weighted by atomic mass is 16.6. The van der Waals surface area contributed by atoms with Gasteiger partial charge in [0.15, 0.2) is 5.76 Å². The molecule has 1 aliphatic rings. The van der Waals surface area contributed by atoms with Gasteiger partial charge in [0, 0.05) is 35.4 Å². The molecule has 9 nitrogen and oxygen atoms in total. The number of benzene rings is 2. The van der Waals surface area contributed by atoms with Crippen molar-refractivity contribution in [3.63, 3.8) is 0 Å². The summed E-state index contributed by atoms with van der Waals surface area (Å²) in [4.78, 5) is 35.7. The first-order valence-electron chi connectivity index (χ1n) is 11.3. The number of non-ortho nitro benzene ring substituents is 1. The fourth-order valence-corrected chi connectivity index (χ4v) is 4.14. The zero-order valence-electron chi connectivity index (χ0n) is 19.8. The summed E-state index contributed by atoms with van der Waals surface area (Å²) < 4.78 is 5.94. The highest BCUT2D eigenvalue weighted by Gasteiger charge is 2.28. The van der Waals surface area contributed by atoms with Crippen LogP contribution in [-0.4, -0.2) is 22.4 Å². The molecule has 1 heterocycles. The SMILES string of the molecule is Cc1ccc(C)c(NC(=O)c2oc3c(c2C)/C(=N/NC(=O)Cc2ccc([N+](=O)[O-])cc2)CCC3)c1. The van der Waals surface area contributed by atoms with Gasteiger partial charge in [-0.1, -0.05) is 24.3 Å². The zero-order valence-corrected chi connectivity index (χ0v) is 19.8. The first-order valence-corrected chi connectivity index (χ1v) is 11.3. The lowest BCUT2D eigenvalue weighted by Gasteiger charge is -2.13. The van der Waals surface area contributed by atoms with Crippen molar-refractivity contribution in [3.8, 4) is 0 Å². The number of hydrogen-bond acceptors (Lipinski definition) is 6. The van der Waals surface area contributed by atoms with E-state index in [0.29, 0.717) is 35.4 Å². The Bertz CT molecular complexity index is 1340. The maximum absolute atomic E-state index is 13.0. The summed E-state index contributed by atoms with van der Waals surface area (Å²) in [7, 11) is 0. The third kappa shape index (κ3) is 5.29. The standard InChI is InChI=1S/C26H26N4O5/c1-15-7-8-16(2)21(13-15)27-26(32)25-17(3)24-20(5-4-6-22(24)35-25)28-29-23(31)14-18-9-11-19(12-10-18)30(33)34/h7-13H,4-6,14H2,1-3H3,(H,27,32)(H,29,31)/b28-20+. The molecule has 0 radical (unpaired) electrons. The topological polar surface area (TPSA) is 127 Å². The maximum Gasteiger partial charge on any atom is 0.291 e. The van der Waals surface area contributed by atoms with Crippen LogP contribution < -0.4 is 10.7 Å². The van der Waals surface area contributed by atoms with Crippen molar-refractivity contribution >= 4 is 28.9 Å². The number of amides is 2. The van der Waals surface area contributed by atoms with E-state index in [0.717, 1.165) is 28.8 Å². The summed E-state index contributed by atoms with van der Waals surface area (Å²) in [6.07, 6.45) is 2.15. The number of nitrogens with zero attached hydrogens (tertiary/aromatic N) is 2. The molecule has 4 rings (SSSR count). The van der Waals surface area contributed by atoms with E-state index in [1.165, 1.54) is 12.1 Å². The molecular formula is C26H26N4O5. The number of carbonyl (C=O) groups is 2. The third-order valence-corrected chi connectivity index (χ3v) is 6.00. The maximum atomic E-state index is 13.0. The van der Waals surface area contributed by atoms with E-state index in [-0.39, 0.29) is 29.7 Å². The summed E-state index contributed by atoms with van der Waals surface area (Å²) >= 11 is 0. The average molecular weight is 475 g/mol. The lowest BCUT2D eigenvalue weighted by Crippen LogP contribution is -2.23. The van der Waals surface area contributed by atoms with Gasteiger partial charge in [0.05, 0.1) is 17.1 Å². The van der Waals surface area contributed by atoms with Crippen molar-refractivity contribution in [2.24, 2.45) is 5.10 Å². The molecule has 0 unspecified atom stereocenters. The summed E-state index contributed by atoms with van der Waals surface area (Å²) in [5, 5.41) is 18.0. The van der Waals surface area contributed by atoms with Gasteiger partial charge in [-0.3, -0.25) is 19.7 Å². The van der Waals surface area contributed by atoms with Gasteiger partial charge >= 0.3 is 0 Å². The number of nitro benzene ring substituents is 1. The molecule has 1 aliphatic carbocycles. The molecule has 0 atom stereocenters. The van der Waals surface area contributed by atoms with Crippen LogP contribution in [0.1, 0.15) is 57.0 Å². The van der Waals surface area contributed by atoms with Crippen LogP contribution in [-0.2, 0) is 17.6 Å². The molecule has 0 bridgehead atoms. The van der Waals surface area contributed by atoms with Crippen LogP contribution in [0.2, 0.25) is 0 Å². The van der Waals surface area contributed by atoms with E-state index in [2.05, 4.69) is 15.8 Å². The van der Waals surface area contributed by atoms with Crippen molar-refractivity contribution in [3.05, 3.63) is 91.9 Å². The molecule has 0 fully saturated rings.